The largest absolute Gasteiger partial charge is 0.490 e. The lowest BCUT2D eigenvalue weighted by molar-refractivity contribution is -0.143. The molecule has 4 atom stereocenters. The smallest absolute Gasteiger partial charge is 0.313 e. The Morgan fingerprint density at radius 1 is 1.12 bits per heavy atom. The molecule has 1 aliphatic heterocycles. The van der Waals surface area contributed by atoms with E-state index < -0.39 is 23.0 Å². The summed E-state index contributed by atoms with van der Waals surface area (Å²) in [6.07, 6.45) is 8.14. The van der Waals surface area contributed by atoms with Gasteiger partial charge in [-0.1, -0.05) is 31.5 Å². The molecule has 0 radical (unpaired) electrons. The van der Waals surface area contributed by atoms with Gasteiger partial charge in [-0.15, -0.1) is 0 Å². The molecular formula is C34H42F2N2O4. The van der Waals surface area contributed by atoms with E-state index in [2.05, 4.69) is 10.6 Å². The minimum absolute atomic E-state index is 0.0607. The quantitative estimate of drug-likeness (QED) is 0.313. The Morgan fingerprint density at radius 3 is 2.52 bits per heavy atom. The van der Waals surface area contributed by atoms with Crippen molar-refractivity contribution in [3.05, 3.63) is 53.3 Å². The molecule has 0 bridgehead atoms. The van der Waals surface area contributed by atoms with Crippen LogP contribution in [0.2, 0.25) is 0 Å². The first-order valence-corrected chi connectivity index (χ1v) is 15.6. The third-order valence-corrected chi connectivity index (χ3v) is 10.7. The Morgan fingerprint density at radius 2 is 1.90 bits per heavy atom. The molecule has 4 aliphatic rings. The number of carboxylic acids is 1. The van der Waals surface area contributed by atoms with Gasteiger partial charge in [-0.3, -0.25) is 9.59 Å². The molecule has 2 aromatic carbocycles. The maximum Gasteiger partial charge on any atom is 0.313 e. The maximum absolute atomic E-state index is 15.6. The molecule has 3 saturated carbocycles. The topological polar surface area (TPSA) is 87.7 Å². The molecule has 8 heteroatoms. The lowest BCUT2D eigenvalue weighted by Gasteiger charge is -2.38. The number of benzene rings is 2. The molecule has 1 amide bonds. The predicted molar refractivity (Wildman–Crippen MR) is 157 cm³/mol. The van der Waals surface area contributed by atoms with Crippen LogP contribution in [0.5, 0.6) is 5.75 Å². The molecule has 3 N–H and O–H groups in total. The van der Waals surface area contributed by atoms with Crippen molar-refractivity contribution in [2.24, 2.45) is 0 Å². The van der Waals surface area contributed by atoms with Crippen molar-refractivity contribution in [2.45, 2.75) is 119 Å². The Kier molecular flexibility index (Phi) is 7.57. The van der Waals surface area contributed by atoms with Crippen LogP contribution in [-0.2, 0) is 15.0 Å². The first-order chi connectivity index (χ1) is 20.1. The van der Waals surface area contributed by atoms with Gasteiger partial charge in [0.15, 0.2) is 0 Å². The summed E-state index contributed by atoms with van der Waals surface area (Å²) in [6, 6.07) is 10.4. The number of hydrogen-bond donors (Lipinski definition) is 3. The van der Waals surface area contributed by atoms with Gasteiger partial charge in [-0.2, -0.15) is 0 Å². The van der Waals surface area contributed by atoms with Crippen LogP contribution >= 0.6 is 0 Å². The molecule has 3 aliphatic carbocycles. The second-order valence-corrected chi connectivity index (χ2v) is 13.4. The summed E-state index contributed by atoms with van der Waals surface area (Å²) in [5.41, 5.74) is -0.460. The Balaban J connectivity index is 1.24. The van der Waals surface area contributed by atoms with Crippen LogP contribution in [0.4, 0.5) is 8.78 Å². The first-order valence-electron chi connectivity index (χ1n) is 15.6. The van der Waals surface area contributed by atoms with Crippen LogP contribution in [0, 0.1) is 5.82 Å². The summed E-state index contributed by atoms with van der Waals surface area (Å²) in [4.78, 5) is 25.3. The normalized spacial score (nSPS) is 28.1. The third-order valence-electron chi connectivity index (χ3n) is 10.7. The number of halogens is 2. The molecule has 42 heavy (non-hydrogen) atoms. The van der Waals surface area contributed by atoms with E-state index in [1.54, 1.807) is 19.1 Å². The van der Waals surface area contributed by atoms with Crippen LogP contribution in [-0.4, -0.2) is 46.9 Å². The van der Waals surface area contributed by atoms with E-state index in [4.69, 9.17) is 4.74 Å². The number of hydrogen-bond acceptors (Lipinski definition) is 4. The monoisotopic (exact) mass is 580 g/mol. The van der Waals surface area contributed by atoms with Crippen LogP contribution in [0.15, 0.2) is 36.4 Å². The minimum atomic E-state index is -1.88. The molecule has 6 rings (SSSR count). The standard InChI is InChI=1S/C34H42F2N2O4/c1-3-32(2,31(40)41)22-11-14-28(26(17-22)25-9-5-10-27(35)29(25)21-7-4-8-21)42-24-13-12-23(18-24)38-30(39)34(36)19-33(37-20-34)15-6-16-33/h5,9-11,14,17,21,23-24,37H,3-4,6-8,12-13,15-16,18-20H2,1-2H3,(H,38,39)(H,40,41)/t23-,24-,32+,34-/m1/s1. The van der Waals surface area contributed by atoms with Gasteiger partial charge in [0.2, 0.25) is 5.67 Å². The number of carboxylic acid groups (broad SMARTS) is 1. The van der Waals surface area contributed by atoms with Crippen molar-refractivity contribution < 1.29 is 28.2 Å². The molecule has 0 unspecified atom stereocenters. The zero-order valence-electron chi connectivity index (χ0n) is 24.6. The summed E-state index contributed by atoms with van der Waals surface area (Å²) >= 11 is 0. The van der Waals surface area contributed by atoms with Gasteiger partial charge in [-0.25, -0.2) is 8.78 Å². The van der Waals surface area contributed by atoms with E-state index in [0.29, 0.717) is 48.1 Å². The molecular weight excluding hydrogens is 538 g/mol. The molecule has 4 fully saturated rings. The van der Waals surface area contributed by atoms with Crippen molar-refractivity contribution in [3.63, 3.8) is 0 Å². The Hall–Kier alpha value is -3.00. The average molecular weight is 581 g/mol. The van der Waals surface area contributed by atoms with Gasteiger partial charge < -0.3 is 20.5 Å². The van der Waals surface area contributed by atoms with Crippen molar-refractivity contribution in [1.82, 2.24) is 10.6 Å². The van der Waals surface area contributed by atoms with Crippen molar-refractivity contribution >= 4 is 11.9 Å². The van der Waals surface area contributed by atoms with Gasteiger partial charge >= 0.3 is 5.97 Å². The predicted octanol–water partition coefficient (Wildman–Crippen LogP) is 6.55. The summed E-state index contributed by atoms with van der Waals surface area (Å²) in [5.74, 6) is -1.01. The number of ether oxygens (including phenoxy) is 1. The number of alkyl halides is 1. The molecule has 6 nitrogen and oxygen atoms in total. The molecule has 1 spiro atoms. The Bertz CT molecular complexity index is 1370. The second kappa shape index (κ2) is 10.9. The number of nitrogens with one attached hydrogen (secondary N) is 2. The van der Waals surface area contributed by atoms with Crippen molar-refractivity contribution in [2.75, 3.05) is 6.54 Å². The third kappa shape index (κ3) is 5.10. The summed E-state index contributed by atoms with van der Waals surface area (Å²) < 4.78 is 37.4. The van der Waals surface area contributed by atoms with E-state index in [-0.39, 0.29) is 42.4 Å². The van der Waals surface area contributed by atoms with Crippen LogP contribution in [0.25, 0.3) is 11.1 Å². The van der Waals surface area contributed by atoms with Crippen molar-refractivity contribution in [1.29, 1.82) is 0 Å². The minimum Gasteiger partial charge on any atom is -0.490 e. The molecule has 226 valence electrons. The van der Waals surface area contributed by atoms with E-state index >= 15 is 8.78 Å². The van der Waals surface area contributed by atoms with Crippen LogP contribution in [0.3, 0.4) is 0 Å². The molecule has 1 saturated heterocycles. The van der Waals surface area contributed by atoms with Gasteiger partial charge in [0.25, 0.3) is 5.91 Å². The fraction of sp³-hybridized carbons (Fsp3) is 0.588. The highest BCUT2D eigenvalue weighted by Crippen LogP contribution is 2.47. The van der Waals surface area contributed by atoms with E-state index in [1.807, 2.05) is 25.1 Å². The second-order valence-electron chi connectivity index (χ2n) is 13.4. The first kappa shape index (κ1) is 29.1. The zero-order valence-corrected chi connectivity index (χ0v) is 24.6. The summed E-state index contributed by atoms with van der Waals surface area (Å²) in [5, 5.41) is 16.3. The fourth-order valence-electron chi connectivity index (χ4n) is 7.33. The molecule has 2 aromatic rings. The highest BCUT2D eigenvalue weighted by Gasteiger charge is 2.55. The SMILES string of the molecule is CC[C@](C)(C(=O)O)c1ccc(O[C@@H]2CC[C@@H](NC(=O)[C@]3(F)CNC4(CCC4)C3)C2)c(-c2cccc(F)c2C2CCC2)c1. The van der Waals surface area contributed by atoms with Gasteiger partial charge in [0, 0.05) is 36.5 Å². The van der Waals surface area contributed by atoms with Crippen LogP contribution < -0.4 is 15.4 Å². The Labute approximate surface area is 246 Å². The van der Waals surface area contributed by atoms with Gasteiger partial charge in [-0.05, 0) is 99.1 Å². The number of aliphatic carboxylic acids is 1. The van der Waals surface area contributed by atoms with E-state index in [1.165, 1.54) is 6.07 Å². The van der Waals surface area contributed by atoms with Gasteiger partial charge in [0.05, 0.1) is 5.41 Å². The van der Waals surface area contributed by atoms with E-state index in [9.17, 15) is 14.7 Å². The summed E-state index contributed by atoms with van der Waals surface area (Å²) in [7, 11) is 0. The lowest BCUT2D eigenvalue weighted by Crippen LogP contribution is -2.49. The lowest BCUT2D eigenvalue weighted by atomic mass is 9.74. The summed E-state index contributed by atoms with van der Waals surface area (Å²) in [6.45, 7) is 3.62. The number of amides is 1. The molecule has 1 heterocycles. The average Bonchev–Trinajstić information content (AvgIpc) is 3.53. The van der Waals surface area contributed by atoms with E-state index in [0.717, 1.165) is 44.1 Å². The maximum atomic E-state index is 15.6. The number of rotatable bonds is 9. The zero-order chi connectivity index (χ0) is 29.7. The number of carbonyl (C=O) groups is 2. The molecule has 0 aromatic heterocycles. The number of carbonyl (C=O) groups excluding carboxylic acids is 1. The highest BCUT2D eigenvalue weighted by atomic mass is 19.1. The van der Waals surface area contributed by atoms with Crippen LogP contribution in [0.1, 0.15) is 102 Å². The van der Waals surface area contributed by atoms with Crippen molar-refractivity contribution in [3.8, 4) is 16.9 Å². The van der Waals surface area contributed by atoms with Gasteiger partial charge in [0.1, 0.15) is 17.7 Å². The highest BCUT2D eigenvalue weighted by molar-refractivity contribution is 5.86. The fourth-order valence-corrected chi connectivity index (χ4v) is 7.33.